The number of aromatic nitrogens is 5. The van der Waals surface area contributed by atoms with Crippen molar-refractivity contribution in [3.05, 3.63) is 107 Å². The van der Waals surface area contributed by atoms with E-state index in [4.69, 9.17) is 9.72 Å². The summed E-state index contributed by atoms with van der Waals surface area (Å²) in [5.41, 5.74) is 10.9. The Bertz CT molecular complexity index is 2650. The summed E-state index contributed by atoms with van der Waals surface area (Å²) in [4.78, 5) is 70.5. The normalized spacial score (nSPS) is 16.1. The van der Waals surface area contributed by atoms with Crippen LogP contribution in [-0.2, 0) is 39.1 Å². The van der Waals surface area contributed by atoms with Crippen molar-refractivity contribution in [3.63, 3.8) is 0 Å². The number of carbonyl (C=O) groups excluding carboxylic acids is 4. The third-order valence-corrected chi connectivity index (χ3v) is 12.4. The van der Waals surface area contributed by atoms with E-state index in [0.717, 1.165) is 59.5 Å². The molecule has 6 aromatic rings. The van der Waals surface area contributed by atoms with Gasteiger partial charge in [0.25, 0.3) is 0 Å². The second kappa shape index (κ2) is 18.2. The van der Waals surface area contributed by atoms with Crippen molar-refractivity contribution in [2.24, 2.45) is 13.0 Å². The number of likely N-dealkylation sites (tertiary alicyclic amines) is 1. The van der Waals surface area contributed by atoms with E-state index in [-0.39, 0.29) is 42.8 Å². The molecule has 15 nitrogen and oxygen atoms in total. The van der Waals surface area contributed by atoms with E-state index in [2.05, 4.69) is 109 Å². The van der Waals surface area contributed by atoms with Crippen molar-refractivity contribution in [3.8, 4) is 33.8 Å². The molecule has 4 amide bonds. The van der Waals surface area contributed by atoms with Crippen LogP contribution in [0.3, 0.4) is 0 Å². The first-order chi connectivity index (χ1) is 30.5. The third-order valence-electron chi connectivity index (χ3n) is 12.4. The van der Waals surface area contributed by atoms with Gasteiger partial charge in [-0.05, 0) is 72.1 Å². The second-order valence-corrected chi connectivity index (χ2v) is 16.7. The summed E-state index contributed by atoms with van der Waals surface area (Å²) >= 11 is 0. The number of benzene rings is 3. The average molecular weight is 854 g/mol. The van der Waals surface area contributed by atoms with Crippen LogP contribution < -0.4 is 10.6 Å². The molecule has 0 bridgehead atoms. The Kier molecular flexibility index (Phi) is 12.4. The summed E-state index contributed by atoms with van der Waals surface area (Å²) in [7, 11) is 4.70. The van der Waals surface area contributed by atoms with Crippen LogP contribution in [0.4, 0.5) is 9.59 Å². The minimum absolute atomic E-state index is 0.0790. The highest BCUT2D eigenvalue weighted by Crippen LogP contribution is 2.48. The van der Waals surface area contributed by atoms with E-state index >= 15 is 0 Å². The maximum atomic E-state index is 13.8. The summed E-state index contributed by atoms with van der Waals surface area (Å²) in [6.07, 6.45) is 5.54. The highest BCUT2D eigenvalue weighted by molar-refractivity contribution is 5.97. The lowest BCUT2D eigenvalue weighted by Crippen LogP contribution is -2.51. The maximum absolute atomic E-state index is 13.8. The first-order valence-electron chi connectivity index (χ1n) is 21.6. The molecule has 1 fully saturated rings. The molecule has 3 aromatic heterocycles. The highest BCUT2D eigenvalue weighted by Gasteiger charge is 2.38. The van der Waals surface area contributed by atoms with Crippen LogP contribution in [0.2, 0.25) is 0 Å². The van der Waals surface area contributed by atoms with Gasteiger partial charge in [-0.3, -0.25) is 9.59 Å². The maximum Gasteiger partial charge on any atom is 0.407 e. The molecule has 3 unspecified atom stereocenters. The standard InChI is InChI=1S/C48H55N9O6/c1-7-19-56(41(58)26-51-47(60)62-5)27-40-49-24-36(52-40)30-15-17-33-32(21-30)23-34(29-12-9-8-10-13-29)42-35-22-31(16-18-38(35)55(4)44(33)42)37-25-50-45(53-37)39-14-11-20-57(39)46(59)43(28(2)3)54-48(61)63-6/h8-10,12-13,15-18,21-22,24-25,28,34,39,43H,7,11,14,19-20,23,26-27H2,1-6H3,(H,49,52)(H,50,53)(H,51,60)(H,54,61). The minimum atomic E-state index is -0.707. The fourth-order valence-corrected chi connectivity index (χ4v) is 9.28. The number of hydrogen-bond acceptors (Lipinski definition) is 8. The van der Waals surface area contributed by atoms with E-state index in [1.165, 1.54) is 47.6 Å². The zero-order chi connectivity index (χ0) is 44.4. The molecule has 63 heavy (non-hydrogen) atoms. The fraction of sp³-hybridized carbons (Fsp3) is 0.375. The van der Waals surface area contributed by atoms with Gasteiger partial charge in [0.1, 0.15) is 24.2 Å². The van der Waals surface area contributed by atoms with Crippen molar-refractivity contribution >= 4 is 34.9 Å². The number of rotatable bonds is 13. The van der Waals surface area contributed by atoms with E-state index in [1.807, 2.05) is 38.1 Å². The fourth-order valence-electron chi connectivity index (χ4n) is 9.28. The number of fused-ring (bicyclic) bond motifs is 5. The van der Waals surface area contributed by atoms with Crippen LogP contribution >= 0.6 is 0 Å². The number of nitrogens with zero attached hydrogens (tertiary/aromatic N) is 5. The lowest BCUT2D eigenvalue weighted by atomic mass is 9.77. The van der Waals surface area contributed by atoms with E-state index < -0.39 is 18.2 Å². The largest absolute Gasteiger partial charge is 0.453 e. The van der Waals surface area contributed by atoms with Gasteiger partial charge in [0, 0.05) is 48.1 Å². The second-order valence-electron chi connectivity index (χ2n) is 16.7. The molecule has 0 spiro atoms. The van der Waals surface area contributed by atoms with Gasteiger partial charge in [-0.25, -0.2) is 19.6 Å². The minimum Gasteiger partial charge on any atom is -0.453 e. The number of carbonyl (C=O) groups is 4. The first-order valence-corrected chi connectivity index (χ1v) is 21.6. The van der Waals surface area contributed by atoms with Crippen molar-refractivity contribution in [1.29, 1.82) is 0 Å². The van der Waals surface area contributed by atoms with Crippen molar-refractivity contribution < 1.29 is 28.7 Å². The molecule has 1 aliphatic carbocycles. The summed E-state index contributed by atoms with van der Waals surface area (Å²) in [5.74, 6) is 0.978. The molecule has 2 aliphatic rings. The molecule has 3 aromatic carbocycles. The predicted octanol–water partition coefficient (Wildman–Crippen LogP) is 7.45. The summed E-state index contributed by atoms with van der Waals surface area (Å²) in [6, 6.07) is 22.9. The number of aromatic amines is 2. The van der Waals surface area contributed by atoms with Crippen molar-refractivity contribution in [2.45, 2.75) is 71.0 Å². The highest BCUT2D eigenvalue weighted by atomic mass is 16.5. The number of ether oxygens (including phenoxy) is 2. The number of methoxy groups -OCH3 is 2. The van der Waals surface area contributed by atoms with Gasteiger partial charge < -0.3 is 44.4 Å². The number of alkyl carbamates (subject to hydrolysis) is 2. The Balaban J connectivity index is 1.10. The Morgan fingerprint density at radius 3 is 2.40 bits per heavy atom. The number of aryl methyl sites for hydroxylation is 1. The number of amides is 4. The molecule has 4 heterocycles. The molecule has 328 valence electrons. The van der Waals surface area contributed by atoms with Crippen LogP contribution in [0.5, 0.6) is 0 Å². The summed E-state index contributed by atoms with van der Waals surface area (Å²) in [6.45, 7) is 7.06. The van der Waals surface area contributed by atoms with E-state index in [9.17, 15) is 19.2 Å². The Morgan fingerprint density at radius 2 is 1.65 bits per heavy atom. The molecular weight excluding hydrogens is 799 g/mol. The Morgan fingerprint density at radius 1 is 0.921 bits per heavy atom. The molecule has 8 rings (SSSR count). The third kappa shape index (κ3) is 8.51. The first kappa shape index (κ1) is 42.8. The van der Waals surface area contributed by atoms with Crippen LogP contribution in [0.15, 0.2) is 79.1 Å². The van der Waals surface area contributed by atoms with Crippen LogP contribution in [-0.4, -0.2) is 98.2 Å². The van der Waals surface area contributed by atoms with Crippen LogP contribution in [0.25, 0.3) is 44.7 Å². The summed E-state index contributed by atoms with van der Waals surface area (Å²) < 4.78 is 11.7. The van der Waals surface area contributed by atoms with Gasteiger partial charge in [0.15, 0.2) is 0 Å². The van der Waals surface area contributed by atoms with Gasteiger partial charge >= 0.3 is 12.2 Å². The molecule has 4 N–H and O–H groups in total. The topological polar surface area (TPSA) is 180 Å². The quantitative estimate of drug-likeness (QED) is 0.0925. The number of H-pyrrole nitrogens is 2. The smallest absolute Gasteiger partial charge is 0.407 e. The van der Waals surface area contributed by atoms with E-state index in [1.54, 1.807) is 4.90 Å². The monoisotopic (exact) mass is 853 g/mol. The van der Waals surface area contributed by atoms with Gasteiger partial charge in [-0.1, -0.05) is 69.3 Å². The zero-order valence-electron chi connectivity index (χ0n) is 36.7. The van der Waals surface area contributed by atoms with Crippen LogP contribution in [0, 0.1) is 5.92 Å². The van der Waals surface area contributed by atoms with Gasteiger partial charge in [0.2, 0.25) is 11.8 Å². The van der Waals surface area contributed by atoms with Crippen LogP contribution in [0.1, 0.15) is 80.3 Å². The lowest BCUT2D eigenvalue weighted by Gasteiger charge is -2.30. The predicted molar refractivity (Wildman–Crippen MR) is 239 cm³/mol. The molecule has 1 saturated heterocycles. The summed E-state index contributed by atoms with van der Waals surface area (Å²) in [5, 5.41) is 6.37. The van der Waals surface area contributed by atoms with Gasteiger partial charge in [0.05, 0.1) is 56.3 Å². The van der Waals surface area contributed by atoms with Crippen molar-refractivity contribution in [2.75, 3.05) is 33.9 Å². The molecule has 3 atom stereocenters. The molecule has 15 heteroatoms. The van der Waals surface area contributed by atoms with Gasteiger partial charge in [-0.2, -0.15) is 0 Å². The van der Waals surface area contributed by atoms with Gasteiger partial charge in [-0.15, -0.1) is 0 Å². The number of nitrogens with one attached hydrogen (secondary N) is 4. The lowest BCUT2D eigenvalue weighted by molar-refractivity contribution is -0.135. The zero-order valence-corrected chi connectivity index (χ0v) is 36.7. The number of hydrogen-bond donors (Lipinski definition) is 4. The van der Waals surface area contributed by atoms with E-state index in [0.29, 0.717) is 18.9 Å². The van der Waals surface area contributed by atoms with Crippen molar-refractivity contribution in [1.82, 2.24) is 44.9 Å². The SMILES string of the molecule is CCCN(Cc1ncc(-c2ccc3c(c2)CC(c2ccccc2)c2c-3n(C)c3ccc(-c4cnc(C5CCCN5C(=O)C(NC(=O)OC)C(C)C)[nH]4)cc23)[nH]1)C(=O)CNC(=O)OC. The Hall–Kier alpha value is -6.90. The number of imidazole rings is 2. The molecule has 1 aliphatic heterocycles. The molecule has 0 saturated carbocycles. The average Bonchev–Trinajstić information content (AvgIpc) is 4.14. The Labute approximate surface area is 366 Å². The molecular formula is C48H55N9O6. The molecule has 0 radical (unpaired) electrons.